The van der Waals surface area contributed by atoms with Crippen LogP contribution in [-0.4, -0.2) is 32.1 Å². The largest absolute Gasteiger partial charge is 0.482 e. The molecule has 0 aliphatic heterocycles. The SMILES string of the molecule is Cc1ccc(OCc2cccc(C(=O)NCCn3cc([N+](=O)[O-])cn3)c2)c([N+](=O)[O-])c1. The van der Waals surface area contributed by atoms with Gasteiger partial charge in [0.05, 0.1) is 16.4 Å². The maximum Gasteiger partial charge on any atom is 0.311 e. The van der Waals surface area contributed by atoms with Crippen LogP contribution in [0.4, 0.5) is 11.4 Å². The van der Waals surface area contributed by atoms with Gasteiger partial charge in [-0.2, -0.15) is 5.10 Å². The van der Waals surface area contributed by atoms with Crippen LogP contribution in [0.2, 0.25) is 0 Å². The summed E-state index contributed by atoms with van der Waals surface area (Å²) in [6.45, 7) is 2.32. The minimum Gasteiger partial charge on any atom is -0.482 e. The summed E-state index contributed by atoms with van der Waals surface area (Å²) < 4.78 is 6.97. The van der Waals surface area contributed by atoms with Gasteiger partial charge in [-0.15, -0.1) is 0 Å². The van der Waals surface area contributed by atoms with E-state index in [1.807, 2.05) is 0 Å². The summed E-state index contributed by atoms with van der Waals surface area (Å²) >= 11 is 0. The Balaban J connectivity index is 1.57. The molecular weight excluding hydrogens is 406 g/mol. The number of hydrogen-bond acceptors (Lipinski definition) is 7. The van der Waals surface area contributed by atoms with Crippen molar-refractivity contribution in [2.24, 2.45) is 0 Å². The molecule has 2 aromatic carbocycles. The molecule has 0 saturated heterocycles. The highest BCUT2D eigenvalue weighted by atomic mass is 16.6. The first-order valence-electron chi connectivity index (χ1n) is 9.25. The summed E-state index contributed by atoms with van der Waals surface area (Å²) in [7, 11) is 0. The molecule has 3 aromatic rings. The Kier molecular flexibility index (Phi) is 6.55. The van der Waals surface area contributed by atoms with E-state index in [0.29, 0.717) is 11.1 Å². The lowest BCUT2D eigenvalue weighted by molar-refractivity contribution is -0.386. The highest BCUT2D eigenvalue weighted by Crippen LogP contribution is 2.28. The summed E-state index contributed by atoms with van der Waals surface area (Å²) in [5.74, 6) is -0.177. The molecule has 0 saturated carbocycles. The molecule has 0 atom stereocenters. The molecular formula is C20H19N5O6. The van der Waals surface area contributed by atoms with Crippen LogP contribution in [-0.2, 0) is 13.2 Å². The van der Waals surface area contributed by atoms with E-state index in [1.165, 1.54) is 16.9 Å². The molecule has 0 fully saturated rings. The third-order valence-corrected chi connectivity index (χ3v) is 4.35. The van der Waals surface area contributed by atoms with E-state index in [1.54, 1.807) is 43.3 Å². The van der Waals surface area contributed by atoms with E-state index in [-0.39, 0.29) is 42.7 Å². The molecule has 0 aliphatic carbocycles. The number of nitrogens with zero attached hydrogens (tertiary/aromatic N) is 4. The lowest BCUT2D eigenvalue weighted by Crippen LogP contribution is -2.27. The zero-order chi connectivity index (χ0) is 22.4. The fraction of sp³-hybridized carbons (Fsp3) is 0.200. The second-order valence-corrected chi connectivity index (χ2v) is 6.69. The molecule has 31 heavy (non-hydrogen) atoms. The van der Waals surface area contributed by atoms with Crippen molar-refractivity contribution >= 4 is 17.3 Å². The van der Waals surface area contributed by atoms with Gasteiger partial charge in [-0.3, -0.25) is 29.7 Å². The van der Waals surface area contributed by atoms with Crippen molar-refractivity contribution in [1.82, 2.24) is 15.1 Å². The number of amides is 1. The number of ether oxygens (including phenoxy) is 1. The standard InChI is InChI=1S/C20H19N5O6/c1-14-5-6-19(18(9-14)25(29)30)31-13-15-3-2-4-16(10-15)20(26)21-7-8-23-12-17(11-22-23)24(27)28/h2-6,9-12H,7-8,13H2,1H3,(H,21,26). The Hall–Kier alpha value is -4.28. The van der Waals surface area contributed by atoms with Gasteiger partial charge in [0.15, 0.2) is 5.75 Å². The first kappa shape index (κ1) is 21.4. The Morgan fingerprint density at radius 3 is 2.68 bits per heavy atom. The van der Waals surface area contributed by atoms with E-state index in [9.17, 15) is 25.0 Å². The van der Waals surface area contributed by atoms with Gasteiger partial charge in [-0.05, 0) is 36.2 Å². The van der Waals surface area contributed by atoms with Crippen molar-refractivity contribution < 1.29 is 19.4 Å². The molecule has 0 unspecified atom stereocenters. The summed E-state index contributed by atoms with van der Waals surface area (Å²) in [5, 5.41) is 28.4. The Morgan fingerprint density at radius 1 is 1.16 bits per heavy atom. The molecule has 0 bridgehead atoms. The number of nitro benzene ring substituents is 1. The van der Waals surface area contributed by atoms with Crippen molar-refractivity contribution in [3.63, 3.8) is 0 Å². The van der Waals surface area contributed by atoms with E-state index >= 15 is 0 Å². The van der Waals surface area contributed by atoms with Gasteiger partial charge in [-0.25, -0.2) is 0 Å². The maximum absolute atomic E-state index is 12.4. The monoisotopic (exact) mass is 425 g/mol. The normalized spacial score (nSPS) is 10.5. The van der Waals surface area contributed by atoms with E-state index in [0.717, 1.165) is 11.8 Å². The molecule has 1 amide bonds. The van der Waals surface area contributed by atoms with E-state index in [2.05, 4.69) is 10.4 Å². The number of aryl methyl sites for hydroxylation is 1. The maximum atomic E-state index is 12.4. The van der Waals surface area contributed by atoms with Gasteiger partial charge in [0.2, 0.25) is 0 Å². The van der Waals surface area contributed by atoms with Crippen LogP contribution in [0.5, 0.6) is 5.75 Å². The van der Waals surface area contributed by atoms with Gasteiger partial charge in [0.25, 0.3) is 5.91 Å². The minimum atomic E-state index is -0.541. The van der Waals surface area contributed by atoms with E-state index < -0.39 is 9.85 Å². The molecule has 1 aromatic heterocycles. The predicted molar refractivity (Wildman–Crippen MR) is 110 cm³/mol. The lowest BCUT2D eigenvalue weighted by atomic mass is 10.1. The predicted octanol–water partition coefficient (Wildman–Crippen LogP) is 3.02. The van der Waals surface area contributed by atoms with Gasteiger partial charge < -0.3 is 10.1 Å². The molecule has 1 heterocycles. The molecule has 0 aliphatic rings. The van der Waals surface area contributed by atoms with E-state index in [4.69, 9.17) is 4.74 Å². The summed E-state index contributed by atoms with van der Waals surface area (Å²) in [6.07, 6.45) is 2.43. The van der Waals surface area contributed by atoms with Crippen molar-refractivity contribution in [2.75, 3.05) is 6.54 Å². The van der Waals surface area contributed by atoms with Crippen LogP contribution in [0.15, 0.2) is 54.9 Å². The zero-order valence-corrected chi connectivity index (χ0v) is 16.6. The second kappa shape index (κ2) is 9.48. The van der Waals surface area contributed by atoms with Crippen LogP contribution in [0.1, 0.15) is 21.5 Å². The van der Waals surface area contributed by atoms with Gasteiger partial charge in [-0.1, -0.05) is 18.2 Å². The average molecular weight is 425 g/mol. The quantitative estimate of drug-likeness (QED) is 0.410. The topological polar surface area (TPSA) is 142 Å². The number of hydrogen-bond donors (Lipinski definition) is 1. The number of benzene rings is 2. The van der Waals surface area contributed by atoms with Crippen molar-refractivity contribution in [1.29, 1.82) is 0 Å². The molecule has 11 heteroatoms. The molecule has 0 radical (unpaired) electrons. The Morgan fingerprint density at radius 2 is 1.97 bits per heavy atom. The highest BCUT2D eigenvalue weighted by molar-refractivity contribution is 5.94. The van der Waals surface area contributed by atoms with Crippen LogP contribution >= 0.6 is 0 Å². The number of nitro groups is 2. The van der Waals surface area contributed by atoms with Crippen LogP contribution < -0.4 is 10.1 Å². The van der Waals surface area contributed by atoms with Crippen molar-refractivity contribution in [3.05, 3.63) is 91.8 Å². The highest BCUT2D eigenvalue weighted by Gasteiger charge is 2.15. The third-order valence-electron chi connectivity index (χ3n) is 4.35. The Bertz CT molecular complexity index is 1130. The minimum absolute atomic E-state index is 0.0575. The number of nitrogens with one attached hydrogen (secondary N) is 1. The van der Waals surface area contributed by atoms with Crippen LogP contribution in [0, 0.1) is 27.2 Å². The molecule has 1 N–H and O–H groups in total. The van der Waals surface area contributed by atoms with Crippen molar-refractivity contribution in [2.45, 2.75) is 20.1 Å². The number of aromatic nitrogens is 2. The first-order valence-corrected chi connectivity index (χ1v) is 9.25. The smallest absolute Gasteiger partial charge is 0.311 e. The molecule has 0 spiro atoms. The average Bonchev–Trinajstić information content (AvgIpc) is 3.22. The summed E-state index contributed by atoms with van der Waals surface area (Å²) in [5.41, 5.74) is 1.58. The third kappa shape index (κ3) is 5.63. The van der Waals surface area contributed by atoms with Gasteiger partial charge in [0.1, 0.15) is 19.0 Å². The number of carbonyl (C=O) groups excluding carboxylic acids is 1. The van der Waals surface area contributed by atoms with Crippen LogP contribution in [0.25, 0.3) is 0 Å². The fourth-order valence-corrected chi connectivity index (χ4v) is 2.81. The zero-order valence-electron chi connectivity index (χ0n) is 16.6. The molecule has 3 rings (SSSR count). The second-order valence-electron chi connectivity index (χ2n) is 6.69. The number of rotatable bonds is 9. The lowest BCUT2D eigenvalue weighted by Gasteiger charge is -2.09. The first-order chi connectivity index (χ1) is 14.8. The van der Waals surface area contributed by atoms with Gasteiger partial charge >= 0.3 is 11.4 Å². The number of carbonyl (C=O) groups is 1. The fourth-order valence-electron chi connectivity index (χ4n) is 2.81. The Labute approximate surface area is 176 Å². The van der Waals surface area contributed by atoms with Gasteiger partial charge in [0, 0.05) is 18.2 Å². The van der Waals surface area contributed by atoms with Crippen molar-refractivity contribution in [3.8, 4) is 5.75 Å². The molecule has 11 nitrogen and oxygen atoms in total. The summed E-state index contributed by atoms with van der Waals surface area (Å²) in [4.78, 5) is 33.2. The molecule has 160 valence electrons. The summed E-state index contributed by atoms with van der Waals surface area (Å²) in [6, 6.07) is 11.4. The van der Waals surface area contributed by atoms with Crippen LogP contribution in [0.3, 0.4) is 0 Å².